The van der Waals surface area contributed by atoms with Crippen molar-refractivity contribution >= 4 is 50.0 Å². The molecule has 0 saturated heterocycles. The van der Waals surface area contributed by atoms with E-state index in [1.165, 1.54) is 0 Å². The van der Waals surface area contributed by atoms with Gasteiger partial charge in [-0.1, -0.05) is 23.7 Å². The van der Waals surface area contributed by atoms with Crippen molar-refractivity contribution in [1.29, 1.82) is 0 Å². The van der Waals surface area contributed by atoms with Gasteiger partial charge in [0.05, 0.1) is 27.5 Å². The van der Waals surface area contributed by atoms with Gasteiger partial charge in [-0.2, -0.15) is 5.10 Å². The number of hydrogen-bond donors (Lipinski definition) is 1. The number of carboxylic acid groups (broad SMARTS) is 1. The van der Waals surface area contributed by atoms with Crippen molar-refractivity contribution in [2.24, 2.45) is 7.05 Å². The Morgan fingerprint density at radius 3 is 2.47 bits per heavy atom. The molecule has 0 saturated carbocycles. The molecule has 0 aliphatic carbocycles. The van der Waals surface area contributed by atoms with Crippen LogP contribution in [0.4, 0.5) is 0 Å². The van der Waals surface area contributed by atoms with Crippen molar-refractivity contribution in [3.05, 3.63) is 70.9 Å². The number of rotatable bonds is 5. The molecule has 0 amide bonds. The summed E-state index contributed by atoms with van der Waals surface area (Å²) in [5.74, 6) is -1.03. The Balaban J connectivity index is 1.78. The Hall–Kier alpha value is -3.26. The van der Waals surface area contributed by atoms with Gasteiger partial charge in [-0.25, -0.2) is 9.78 Å². The maximum absolute atomic E-state index is 12.5. The van der Waals surface area contributed by atoms with E-state index in [0.717, 1.165) is 48.4 Å². The van der Waals surface area contributed by atoms with E-state index in [-0.39, 0.29) is 0 Å². The van der Waals surface area contributed by atoms with Gasteiger partial charge in [0.25, 0.3) is 0 Å². The first-order chi connectivity index (χ1) is 17.0. The Morgan fingerprint density at radius 2 is 1.81 bits per heavy atom. The summed E-state index contributed by atoms with van der Waals surface area (Å²) in [7, 11) is 1.92. The molecule has 5 aromatic rings. The molecular weight excluding hydrogens is 494 g/mol. The van der Waals surface area contributed by atoms with Crippen LogP contribution < -0.4 is 0 Å². The quantitative estimate of drug-likeness (QED) is 0.261. The van der Waals surface area contributed by atoms with Crippen LogP contribution in [0, 0.1) is 6.92 Å². The van der Waals surface area contributed by atoms with E-state index in [2.05, 4.69) is 11.2 Å². The molecule has 0 fully saturated rings. The fourth-order valence-electron chi connectivity index (χ4n) is 4.46. The van der Waals surface area contributed by atoms with Crippen molar-refractivity contribution in [3.63, 3.8) is 0 Å². The fourth-order valence-corrected chi connectivity index (χ4v) is 5.71. The van der Waals surface area contributed by atoms with Gasteiger partial charge in [0.1, 0.15) is 5.01 Å². The van der Waals surface area contributed by atoms with Gasteiger partial charge < -0.3 is 9.84 Å². The van der Waals surface area contributed by atoms with Crippen molar-refractivity contribution in [2.75, 3.05) is 0 Å². The second-order valence-electron chi connectivity index (χ2n) is 9.85. The van der Waals surface area contributed by atoms with Gasteiger partial charge in [-0.05, 0) is 75.2 Å². The Morgan fingerprint density at radius 1 is 1.11 bits per heavy atom. The Bertz CT molecular complexity index is 1610. The number of carbonyl (C=O) groups is 1. The van der Waals surface area contributed by atoms with Crippen molar-refractivity contribution < 1.29 is 14.6 Å². The smallest absolute Gasteiger partial charge is 0.337 e. The lowest BCUT2D eigenvalue weighted by Gasteiger charge is -2.28. The van der Waals surface area contributed by atoms with Crippen LogP contribution >= 0.6 is 22.9 Å². The number of carboxylic acids is 1. The van der Waals surface area contributed by atoms with E-state index < -0.39 is 17.7 Å². The molecule has 6 nitrogen and oxygen atoms in total. The number of halogens is 1. The van der Waals surface area contributed by atoms with Crippen LogP contribution in [0.5, 0.6) is 0 Å². The van der Waals surface area contributed by atoms with Crippen LogP contribution in [0.2, 0.25) is 5.02 Å². The number of hydrogen-bond acceptors (Lipinski definition) is 5. The minimum Gasteiger partial charge on any atom is -0.479 e. The molecule has 0 bridgehead atoms. The lowest BCUT2D eigenvalue weighted by molar-refractivity contribution is -0.160. The highest BCUT2D eigenvalue weighted by Gasteiger charge is 2.32. The summed E-state index contributed by atoms with van der Waals surface area (Å²) in [6, 6.07) is 15.6. The number of ether oxygens (including phenoxy) is 1. The molecule has 0 aliphatic heterocycles. The van der Waals surface area contributed by atoms with Gasteiger partial charge in [0, 0.05) is 34.1 Å². The zero-order chi connectivity index (χ0) is 25.8. The average Bonchev–Trinajstić information content (AvgIpc) is 3.40. The SMILES string of the molecule is Cc1cc2nc(-c3ccc4c(cnn4C)c3)sc2c(-c2ccc(Cl)cc2)c1[C@H](OC(C)(C)C)C(=O)O. The Labute approximate surface area is 218 Å². The number of aryl methyl sites for hydroxylation is 2. The Kier molecular flexibility index (Phi) is 6.11. The van der Waals surface area contributed by atoms with Gasteiger partial charge in [-0.3, -0.25) is 4.68 Å². The van der Waals surface area contributed by atoms with Crippen molar-refractivity contribution in [3.8, 4) is 21.7 Å². The minimum absolute atomic E-state index is 0.611. The van der Waals surface area contributed by atoms with E-state index in [4.69, 9.17) is 21.3 Å². The van der Waals surface area contributed by atoms with Crippen LogP contribution in [0.3, 0.4) is 0 Å². The summed E-state index contributed by atoms with van der Waals surface area (Å²) in [5.41, 5.74) is 5.30. The van der Waals surface area contributed by atoms with Crippen LogP contribution in [0.15, 0.2) is 54.7 Å². The molecule has 0 spiro atoms. The first kappa shape index (κ1) is 24.4. The predicted octanol–water partition coefficient (Wildman–Crippen LogP) is 7.42. The topological polar surface area (TPSA) is 77.2 Å². The molecule has 0 unspecified atom stereocenters. The molecule has 0 radical (unpaired) electrons. The van der Waals surface area contributed by atoms with E-state index in [1.807, 2.05) is 88.1 Å². The monoisotopic (exact) mass is 519 g/mol. The maximum Gasteiger partial charge on any atom is 0.337 e. The number of thiazole rings is 1. The average molecular weight is 520 g/mol. The molecule has 0 aliphatic rings. The molecule has 36 heavy (non-hydrogen) atoms. The van der Waals surface area contributed by atoms with Crippen LogP contribution in [0.25, 0.3) is 42.8 Å². The first-order valence-electron chi connectivity index (χ1n) is 11.5. The number of aromatic nitrogens is 3. The summed E-state index contributed by atoms with van der Waals surface area (Å²) >= 11 is 7.73. The van der Waals surface area contributed by atoms with Gasteiger partial charge in [0.2, 0.25) is 0 Å². The van der Waals surface area contributed by atoms with Crippen LogP contribution in [0.1, 0.15) is 38.0 Å². The van der Waals surface area contributed by atoms with Crippen molar-refractivity contribution in [1.82, 2.24) is 14.8 Å². The van der Waals surface area contributed by atoms with Gasteiger partial charge >= 0.3 is 5.97 Å². The summed E-state index contributed by atoms with van der Waals surface area (Å²) in [4.78, 5) is 17.4. The highest BCUT2D eigenvalue weighted by Crippen LogP contribution is 2.44. The normalized spacial score (nSPS) is 12.9. The standard InChI is InChI=1S/C28H26ClN3O3S/c1-15-12-20-25(36-26(31-20)17-8-11-21-18(13-17)14-30-32(21)5)23(16-6-9-19(29)10-7-16)22(15)24(27(33)34)35-28(2,3)4/h6-14,24H,1-5H3,(H,33,34)/t24-/m0/s1. The summed E-state index contributed by atoms with van der Waals surface area (Å²) in [6.45, 7) is 7.49. The third-order valence-corrected chi connectivity index (χ3v) is 7.40. The zero-order valence-corrected chi connectivity index (χ0v) is 22.2. The number of benzene rings is 3. The summed E-state index contributed by atoms with van der Waals surface area (Å²) in [5, 5.41) is 17.1. The van der Waals surface area contributed by atoms with E-state index in [9.17, 15) is 9.90 Å². The number of nitrogens with zero attached hydrogens (tertiary/aromatic N) is 3. The second kappa shape index (κ2) is 9.00. The highest BCUT2D eigenvalue weighted by atomic mass is 35.5. The van der Waals surface area contributed by atoms with Crippen molar-refractivity contribution in [2.45, 2.75) is 39.4 Å². The molecule has 5 rings (SSSR count). The van der Waals surface area contributed by atoms with Crippen LogP contribution in [-0.4, -0.2) is 31.4 Å². The largest absolute Gasteiger partial charge is 0.479 e. The molecule has 184 valence electrons. The number of fused-ring (bicyclic) bond motifs is 2. The van der Waals surface area contributed by atoms with Crippen LogP contribution in [-0.2, 0) is 16.6 Å². The third-order valence-electron chi connectivity index (χ3n) is 6.01. The highest BCUT2D eigenvalue weighted by molar-refractivity contribution is 7.22. The van der Waals surface area contributed by atoms with E-state index in [0.29, 0.717) is 10.6 Å². The summed E-state index contributed by atoms with van der Waals surface area (Å²) < 4.78 is 8.84. The zero-order valence-electron chi connectivity index (χ0n) is 20.7. The molecule has 1 N–H and O–H groups in total. The van der Waals surface area contributed by atoms with Gasteiger partial charge in [-0.15, -0.1) is 11.3 Å². The third kappa shape index (κ3) is 4.50. The first-order valence-corrected chi connectivity index (χ1v) is 12.7. The minimum atomic E-state index is -1.14. The fraction of sp³-hybridized carbons (Fsp3) is 0.250. The second-order valence-corrected chi connectivity index (χ2v) is 11.3. The lowest BCUT2D eigenvalue weighted by Crippen LogP contribution is -2.28. The molecule has 2 heterocycles. The van der Waals surface area contributed by atoms with E-state index in [1.54, 1.807) is 11.3 Å². The lowest BCUT2D eigenvalue weighted by atomic mass is 9.91. The summed E-state index contributed by atoms with van der Waals surface area (Å²) in [6.07, 6.45) is 0.701. The van der Waals surface area contributed by atoms with E-state index >= 15 is 0 Å². The number of aliphatic carboxylic acids is 1. The maximum atomic E-state index is 12.5. The van der Waals surface area contributed by atoms with Gasteiger partial charge in [0.15, 0.2) is 6.10 Å². The molecule has 3 aromatic carbocycles. The molecule has 1 atom stereocenters. The predicted molar refractivity (Wildman–Crippen MR) is 146 cm³/mol. The molecular formula is C28H26ClN3O3S. The molecule has 2 aromatic heterocycles. The molecule has 8 heteroatoms.